The van der Waals surface area contributed by atoms with E-state index in [9.17, 15) is 8.78 Å². The van der Waals surface area contributed by atoms with E-state index in [-0.39, 0.29) is 6.42 Å². The van der Waals surface area contributed by atoms with Crippen LogP contribution in [0.25, 0.3) is 0 Å². The van der Waals surface area contributed by atoms with Crippen LogP contribution in [0.2, 0.25) is 0 Å². The third kappa shape index (κ3) is 1.16. The van der Waals surface area contributed by atoms with Crippen LogP contribution in [0, 0.1) is 6.92 Å². The molecule has 0 amide bonds. The van der Waals surface area contributed by atoms with Crippen molar-refractivity contribution in [2.24, 2.45) is 0 Å². The molecule has 0 saturated heterocycles. The number of benzene rings is 1. The molecule has 3 heteroatoms. The van der Waals surface area contributed by atoms with Crippen molar-refractivity contribution in [3.05, 3.63) is 35.4 Å². The first-order valence-electron chi connectivity index (χ1n) is 4.58. The molecule has 1 saturated carbocycles. The van der Waals surface area contributed by atoms with Gasteiger partial charge in [-0.05, 0) is 12.5 Å². The lowest BCUT2D eigenvalue weighted by Gasteiger charge is -2.13. The second-order valence-corrected chi connectivity index (χ2v) is 3.99. The molecular weight excluding hydrogens is 186 g/mol. The maximum Gasteiger partial charge on any atom is 0.261 e. The Bertz CT molecular complexity index is 362. The maximum atomic E-state index is 13.1. The van der Waals surface area contributed by atoms with Crippen molar-refractivity contribution in [2.75, 3.05) is 6.61 Å². The first kappa shape index (κ1) is 9.59. The van der Waals surface area contributed by atoms with E-state index in [0.717, 1.165) is 5.56 Å². The van der Waals surface area contributed by atoms with E-state index in [4.69, 9.17) is 5.11 Å². The highest BCUT2D eigenvalue weighted by atomic mass is 19.3. The molecule has 2 rings (SSSR count). The van der Waals surface area contributed by atoms with Crippen molar-refractivity contribution in [1.29, 1.82) is 0 Å². The number of aliphatic hydroxyl groups is 1. The molecule has 1 aromatic rings. The van der Waals surface area contributed by atoms with Gasteiger partial charge in [0.15, 0.2) is 0 Å². The zero-order valence-electron chi connectivity index (χ0n) is 7.93. The van der Waals surface area contributed by atoms with Gasteiger partial charge in [0.2, 0.25) is 0 Å². The van der Waals surface area contributed by atoms with Gasteiger partial charge in [0, 0.05) is 6.42 Å². The quantitative estimate of drug-likeness (QED) is 0.772. The van der Waals surface area contributed by atoms with Gasteiger partial charge < -0.3 is 5.11 Å². The minimum absolute atomic E-state index is 0.236. The molecule has 1 aromatic carbocycles. The Hall–Kier alpha value is -0.960. The fourth-order valence-corrected chi connectivity index (χ4v) is 1.85. The Morgan fingerprint density at radius 2 is 2.07 bits per heavy atom. The van der Waals surface area contributed by atoms with Gasteiger partial charge in [-0.1, -0.05) is 29.8 Å². The van der Waals surface area contributed by atoms with E-state index >= 15 is 0 Å². The second-order valence-electron chi connectivity index (χ2n) is 3.99. The number of alkyl halides is 2. The molecule has 1 atom stereocenters. The second kappa shape index (κ2) is 2.76. The summed E-state index contributed by atoms with van der Waals surface area (Å²) in [4.78, 5) is 0. The molecule has 1 fully saturated rings. The lowest BCUT2D eigenvalue weighted by Crippen LogP contribution is -2.21. The van der Waals surface area contributed by atoms with Crippen LogP contribution in [0.3, 0.4) is 0 Å². The van der Waals surface area contributed by atoms with Crippen LogP contribution >= 0.6 is 0 Å². The predicted molar refractivity (Wildman–Crippen MR) is 49.5 cm³/mol. The van der Waals surface area contributed by atoms with Crippen LogP contribution in [0.15, 0.2) is 24.3 Å². The molecule has 0 radical (unpaired) electrons. The molecule has 1 nitrogen and oxygen atoms in total. The largest absolute Gasteiger partial charge is 0.395 e. The number of hydrogen-bond acceptors (Lipinski definition) is 1. The zero-order valence-corrected chi connectivity index (χ0v) is 7.93. The van der Waals surface area contributed by atoms with Crippen LogP contribution in [0.1, 0.15) is 17.5 Å². The van der Waals surface area contributed by atoms with Gasteiger partial charge in [0.25, 0.3) is 5.92 Å². The molecule has 0 bridgehead atoms. The van der Waals surface area contributed by atoms with Gasteiger partial charge in [-0.2, -0.15) is 0 Å². The van der Waals surface area contributed by atoms with E-state index < -0.39 is 17.9 Å². The molecule has 0 heterocycles. The Morgan fingerprint density at radius 3 is 2.50 bits per heavy atom. The van der Waals surface area contributed by atoms with Gasteiger partial charge >= 0.3 is 0 Å². The Kier molecular flexibility index (Phi) is 1.89. The minimum Gasteiger partial charge on any atom is -0.395 e. The maximum absolute atomic E-state index is 13.1. The molecule has 14 heavy (non-hydrogen) atoms. The summed E-state index contributed by atoms with van der Waals surface area (Å²) in [7, 11) is 0. The lowest BCUT2D eigenvalue weighted by molar-refractivity contribution is 0.0673. The minimum atomic E-state index is -2.74. The molecule has 76 valence electrons. The van der Waals surface area contributed by atoms with Gasteiger partial charge in [-0.15, -0.1) is 0 Å². The monoisotopic (exact) mass is 198 g/mol. The molecule has 0 aliphatic heterocycles. The Balaban J connectivity index is 2.40. The lowest BCUT2D eigenvalue weighted by atomic mass is 9.95. The summed E-state index contributed by atoms with van der Waals surface area (Å²) in [5.74, 6) is -2.74. The van der Waals surface area contributed by atoms with Gasteiger partial charge in [-0.3, -0.25) is 0 Å². The summed E-state index contributed by atoms with van der Waals surface area (Å²) in [6.07, 6.45) is -0.236. The molecule has 1 aliphatic carbocycles. The first-order chi connectivity index (χ1) is 6.52. The summed E-state index contributed by atoms with van der Waals surface area (Å²) >= 11 is 0. The Labute approximate surface area is 81.4 Å². The number of hydrogen-bond donors (Lipinski definition) is 1. The van der Waals surface area contributed by atoms with Crippen LogP contribution in [-0.2, 0) is 5.41 Å². The van der Waals surface area contributed by atoms with Crippen molar-refractivity contribution in [3.63, 3.8) is 0 Å². The summed E-state index contributed by atoms with van der Waals surface area (Å²) in [5, 5.41) is 9.06. The van der Waals surface area contributed by atoms with Crippen molar-refractivity contribution in [1.82, 2.24) is 0 Å². The van der Waals surface area contributed by atoms with Crippen molar-refractivity contribution >= 4 is 0 Å². The van der Waals surface area contributed by atoms with E-state index in [1.807, 2.05) is 13.0 Å². The van der Waals surface area contributed by atoms with E-state index in [2.05, 4.69) is 0 Å². The molecule has 1 aliphatic rings. The highest BCUT2D eigenvalue weighted by Crippen LogP contribution is 2.61. The van der Waals surface area contributed by atoms with Gasteiger partial charge in [-0.25, -0.2) is 8.78 Å². The number of aryl methyl sites for hydroxylation is 1. The average molecular weight is 198 g/mol. The molecular formula is C11H12F2O. The fraction of sp³-hybridized carbons (Fsp3) is 0.455. The number of rotatable bonds is 2. The Morgan fingerprint density at radius 1 is 1.43 bits per heavy atom. The van der Waals surface area contributed by atoms with Gasteiger partial charge in [0.05, 0.1) is 12.0 Å². The fourth-order valence-electron chi connectivity index (χ4n) is 1.85. The summed E-state index contributed by atoms with van der Waals surface area (Å²) in [6, 6.07) is 6.98. The molecule has 1 N–H and O–H groups in total. The molecule has 0 aromatic heterocycles. The normalized spacial score (nSPS) is 28.9. The van der Waals surface area contributed by atoms with E-state index in [1.54, 1.807) is 18.2 Å². The zero-order chi connectivity index (χ0) is 10.4. The summed E-state index contributed by atoms with van der Waals surface area (Å²) in [5.41, 5.74) is 0.182. The SMILES string of the molecule is Cc1cccc(C2(CO)CC2(F)F)c1. The van der Waals surface area contributed by atoms with Gasteiger partial charge in [0.1, 0.15) is 0 Å². The van der Waals surface area contributed by atoms with Crippen LogP contribution in [0.4, 0.5) is 8.78 Å². The van der Waals surface area contributed by atoms with Crippen molar-refractivity contribution in [2.45, 2.75) is 24.7 Å². The summed E-state index contributed by atoms with van der Waals surface area (Å²) in [6.45, 7) is 1.37. The number of halogens is 2. The smallest absolute Gasteiger partial charge is 0.261 e. The van der Waals surface area contributed by atoms with E-state index in [1.165, 1.54) is 0 Å². The highest BCUT2D eigenvalue weighted by Gasteiger charge is 2.71. The molecule has 0 spiro atoms. The van der Waals surface area contributed by atoms with Crippen LogP contribution in [-0.4, -0.2) is 17.6 Å². The topological polar surface area (TPSA) is 20.2 Å². The van der Waals surface area contributed by atoms with Crippen molar-refractivity contribution in [3.8, 4) is 0 Å². The number of aliphatic hydroxyl groups excluding tert-OH is 1. The van der Waals surface area contributed by atoms with Crippen LogP contribution in [0.5, 0.6) is 0 Å². The first-order valence-corrected chi connectivity index (χ1v) is 4.58. The van der Waals surface area contributed by atoms with E-state index in [0.29, 0.717) is 5.56 Å². The summed E-state index contributed by atoms with van der Waals surface area (Å²) < 4.78 is 26.2. The highest BCUT2D eigenvalue weighted by molar-refractivity contribution is 5.39. The van der Waals surface area contributed by atoms with Crippen molar-refractivity contribution < 1.29 is 13.9 Å². The third-order valence-electron chi connectivity index (χ3n) is 2.94. The third-order valence-corrected chi connectivity index (χ3v) is 2.94. The standard InChI is InChI=1S/C11H12F2O/c1-8-3-2-4-9(5-8)10(7-14)6-11(10,12)13/h2-5,14H,6-7H2,1H3. The predicted octanol–water partition coefficient (Wildman–Crippen LogP) is 2.26. The molecule has 1 unspecified atom stereocenters. The average Bonchev–Trinajstić information content (AvgIpc) is 2.70. The van der Waals surface area contributed by atoms with Crippen LogP contribution < -0.4 is 0 Å².